The summed E-state index contributed by atoms with van der Waals surface area (Å²) < 4.78 is 67.3. The third-order valence-electron chi connectivity index (χ3n) is 6.29. The summed E-state index contributed by atoms with van der Waals surface area (Å²) in [6.07, 6.45) is 0. The van der Waals surface area contributed by atoms with Gasteiger partial charge in [-0.15, -0.1) is 0 Å². The number of sulfonamides is 2. The van der Waals surface area contributed by atoms with Gasteiger partial charge in [0.1, 0.15) is 18.0 Å². The predicted octanol–water partition coefficient (Wildman–Crippen LogP) is 4.96. The van der Waals surface area contributed by atoms with E-state index < -0.39 is 32.5 Å². The molecule has 12 heteroatoms. The van der Waals surface area contributed by atoms with E-state index in [1.54, 1.807) is 48.5 Å². The van der Waals surface area contributed by atoms with Gasteiger partial charge in [0.05, 0.1) is 35.4 Å². The fourth-order valence-electron chi connectivity index (χ4n) is 4.07. The van der Waals surface area contributed by atoms with E-state index in [-0.39, 0.29) is 21.2 Å². The molecule has 0 bridgehead atoms. The van der Waals surface area contributed by atoms with Gasteiger partial charge in [0, 0.05) is 11.8 Å². The minimum atomic E-state index is -4.13. The third kappa shape index (κ3) is 7.01. The van der Waals surface area contributed by atoms with Crippen molar-refractivity contribution in [2.45, 2.75) is 23.6 Å². The molecule has 0 saturated heterocycles. The minimum absolute atomic E-state index is 0.0241. The van der Waals surface area contributed by atoms with Crippen molar-refractivity contribution in [1.82, 2.24) is 0 Å². The number of benzene rings is 4. The monoisotopic (exact) mass is 609 g/mol. The Balaban J connectivity index is 1.55. The van der Waals surface area contributed by atoms with Gasteiger partial charge in [-0.3, -0.25) is 13.8 Å². The Morgan fingerprint density at radius 1 is 0.762 bits per heavy atom. The Morgan fingerprint density at radius 3 is 2.05 bits per heavy atom. The van der Waals surface area contributed by atoms with Gasteiger partial charge in [-0.25, -0.2) is 16.8 Å². The zero-order chi connectivity index (χ0) is 30.5. The van der Waals surface area contributed by atoms with Gasteiger partial charge >= 0.3 is 0 Å². The first-order valence-corrected chi connectivity index (χ1v) is 15.7. The molecule has 0 unspecified atom stereocenters. The molecule has 42 heavy (non-hydrogen) atoms. The molecule has 1 amide bonds. The number of nitrogens with one attached hydrogen (secondary N) is 2. The highest BCUT2D eigenvalue weighted by molar-refractivity contribution is 7.93. The number of rotatable bonds is 11. The molecule has 0 atom stereocenters. The molecule has 0 fully saturated rings. The molecular weight excluding hydrogens is 578 g/mol. The smallest absolute Gasteiger partial charge is 0.264 e. The number of methoxy groups -OCH3 is 2. The fourth-order valence-corrected chi connectivity index (χ4v) is 6.55. The van der Waals surface area contributed by atoms with Crippen molar-refractivity contribution in [3.63, 3.8) is 0 Å². The molecule has 0 aliphatic heterocycles. The lowest BCUT2D eigenvalue weighted by molar-refractivity contribution is -0.114. The lowest BCUT2D eigenvalue weighted by Gasteiger charge is -2.24. The number of ether oxygens (including phenoxy) is 2. The number of carbonyl (C=O) groups excluding carboxylic acids is 1. The number of hydrogen-bond donors (Lipinski definition) is 2. The van der Waals surface area contributed by atoms with E-state index in [0.29, 0.717) is 17.2 Å². The quantitative estimate of drug-likeness (QED) is 0.246. The highest BCUT2D eigenvalue weighted by Gasteiger charge is 2.28. The second kappa shape index (κ2) is 12.5. The van der Waals surface area contributed by atoms with Crippen LogP contribution in [0.15, 0.2) is 101 Å². The molecule has 0 aromatic heterocycles. The first kappa shape index (κ1) is 30.4. The average Bonchev–Trinajstić information content (AvgIpc) is 2.96. The second-order valence-electron chi connectivity index (χ2n) is 9.41. The molecule has 220 valence electrons. The van der Waals surface area contributed by atoms with E-state index in [4.69, 9.17) is 9.47 Å². The van der Waals surface area contributed by atoms with Crippen LogP contribution >= 0.6 is 0 Å². The normalized spacial score (nSPS) is 11.4. The van der Waals surface area contributed by atoms with Crippen molar-refractivity contribution in [2.24, 2.45) is 0 Å². The predicted molar refractivity (Wildman–Crippen MR) is 162 cm³/mol. The Bertz CT molecular complexity index is 1790. The van der Waals surface area contributed by atoms with Gasteiger partial charge in [0.15, 0.2) is 0 Å². The molecule has 10 nitrogen and oxygen atoms in total. The first-order chi connectivity index (χ1) is 19.9. The van der Waals surface area contributed by atoms with E-state index in [9.17, 15) is 21.6 Å². The maximum atomic E-state index is 13.6. The van der Waals surface area contributed by atoms with Crippen LogP contribution in [0.4, 0.5) is 17.1 Å². The number of amides is 1. The Labute approximate surface area is 246 Å². The van der Waals surface area contributed by atoms with Crippen LogP contribution in [0.3, 0.4) is 0 Å². The molecular formula is C30H31N3O7S2. The highest BCUT2D eigenvalue weighted by Crippen LogP contribution is 2.29. The van der Waals surface area contributed by atoms with Gasteiger partial charge in [-0.2, -0.15) is 0 Å². The van der Waals surface area contributed by atoms with Gasteiger partial charge in [0.25, 0.3) is 20.0 Å². The van der Waals surface area contributed by atoms with Crippen molar-refractivity contribution < 1.29 is 31.1 Å². The number of carbonyl (C=O) groups is 1. The highest BCUT2D eigenvalue weighted by atomic mass is 32.2. The summed E-state index contributed by atoms with van der Waals surface area (Å²) >= 11 is 0. The van der Waals surface area contributed by atoms with Crippen LogP contribution in [0, 0.1) is 13.8 Å². The number of nitrogens with zero attached hydrogens (tertiary/aromatic N) is 1. The van der Waals surface area contributed by atoms with E-state index in [1.165, 1.54) is 56.7 Å². The van der Waals surface area contributed by atoms with Crippen LogP contribution in [0.2, 0.25) is 0 Å². The Hall–Kier alpha value is -4.55. The largest absolute Gasteiger partial charge is 0.497 e. The van der Waals surface area contributed by atoms with Crippen molar-refractivity contribution in [3.05, 3.63) is 102 Å². The SMILES string of the molecule is COc1cccc(N(CC(=O)Nc2ccc(S(=O)(=O)Nc3cc(C)ccc3OC)cc2)S(=O)(=O)c2ccc(C)cc2)c1. The standard InChI is InChI=1S/C30H31N3O7S2/c1-21-8-13-27(14-9-21)42(37,38)33(24-6-5-7-25(19-24)39-3)20-30(34)31-23-11-15-26(16-12-23)41(35,36)32-28-18-22(2)10-17-29(28)40-4/h5-19,32H,20H2,1-4H3,(H,31,34). The molecule has 0 aliphatic rings. The topological polar surface area (TPSA) is 131 Å². The lowest BCUT2D eigenvalue weighted by atomic mass is 10.2. The maximum Gasteiger partial charge on any atom is 0.264 e. The summed E-state index contributed by atoms with van der Waals surface area (Å²) in [6, 6.07) is 23.3. The molecule has 0 spiro atoms. The molecule has 0 heterocycles. The second-order valence-corrected chi connectivity index (χ2v) is 13.0. The molecule has 4 aromatic carbocycles. The van der Waals surface area contributed by atoms with Crippen LogP contribution in [0.25, 0.3) is 0 Å². The molecule has 0 aliphatic carbocycles. The summed E-state index contributed by atoms with van der Waals surface area (Å²) in [4.78, 5) is 13.1. The van der Waals surface area contributed by atoms with E-state index in [1.807, 2.05) is 13.8 Å². The number of aryl methyl sites for hydroxylation is 2. The molecule has 4 aromatic rings. The van der Waals surface area contributed by atoms with Crippen LogP contribution in [-0.4, -0.2) is 43.5 Å². The van der Waals surface area contributed by atoms with Crippen molar-refractivity contribution in [2.75, 3.05) is 35.1 Å². The minimum Gasteiger partial charge on any atom is -0.497 e. The Kier molecular flexibility index (Phi) is 9.08. The van der Waals surface area contributed by atoms with Gasteiger partial charge in [0.2, 0.25) is 5.91 Å². The fraction of sp³-hybridized carbons (Fsp3) is 0.167. The molecule has 0 radical (unpaired) electrons. The maximum absolute atomic E-state index is 13.6. The van der Waals surface area contributed by atoms with E-state index in [0.717, 1.165) is 15.4 Å². The van der Waals surface area contributed by atoms with Gasteiger partial charge in [-0.05, 0) is 80.1 Å². The summed E-state index contributed by atoms with van der Waals surface area (Å²) in [6.45, 7) is 3.13. The number of hydrogen-bond acceptors (Lipinski definition) is 7. The molecule has 0 saturated carbocycles. The van der Waals surface area contributed by atoms with E-state index in [2.05, 4.69) is 10.0 Å². The van der Waals surface area contributed by atoms with Gasteiger partial charge < -0.3 is 14.8 Å². The average molecular weight is 610 g/mol. The van der Waals surface area contributed by atoms with Crippen LogP contribution in [0.5, 0.6) is 11.5 Å². The summed E-state index contributed by atoms with van der Waals surface area (Å²) in [5.74, 6) is 0.159. The summed E-state index contributed by atoms with van der Waals surface area (Å²) in [5, 5.41) is 2.65. The zero-order valence-corrected chi connectivity index (χ0v) is 25.1. The zero-order valence-electron chi connectivity index (χ0n) is 23.5. The molecule has 2 N–H and O–H groups in total. The first-order valence-electron chi connectivity index (χ1n) is 12.7. The Morgan fingerprint density at radius 2 is 1.40 bits per heavy atom. The number of anilines is 3. The van der Waals surface area contributed by atoms with Crippen LogP contribution < -0.4 is 23.8 Å². The summed E-state index contributed by atoms with van der Waals surface area (Å²) in [7, 11) is -5.19. The van der Waals surface area contributed by atoms with Crippen LogP contribution in [-0.2, 0) is 24.8 Å². The van der Waals surface area contributed by atoms with E-state index >= 15 is 0 Å². The lowest BCUT2D eigenvalue weighted by Crippen LogP contribution is -2.38. The van der Waals surface area contributed by atoms with Crippen molar-refractivity contribution >= 4 is 43.0 Å². The molecule has 4 rings (SSSR count). The van der Waals surface area contributed by atoms with Gasteiger partial charge in [-0.1, -0.05) is 29.8 Å². The van der Waals surface area contributed by atoms with Crippen molar-refractivity contribution in [3.8, 4) is 11.5 Å². The third-order valence-corrected chi connectivity index (χ3v) is 9.45. The van der Waals surface area contributed by atoms with Crippen molar-refractivity contribution in [1.29, 1.82) is 0 Å². The summed E-state index contributed by atoms with van der Waals surface area (Å²) in [5.41, 5.74) is 2.55. The van der Waals surface area contributed by atoms with Crippen LogP contribution in [0.1, 0.15) is 11.1 Å².